The third-order valence-corrected chi connectivity index (χ3v) is 3.75. The Kier molecular flexibility index (Phi) is 5.39. The van der Waals surface area contributed by atoms with Crippen molar-refractivity contribution in [2.45, 2.75) is 12.5 Å². The molecular weight excluding hydrogens is 304 g/mol. The number of carbonyl (C=O) groups is 1. The van der Waals surface area contributed by atoms with Crippen molar-refractivity contribution >= 4 is 52.3 Å². The van der Waals surface area contributed by atoms with Crippen LogP contribution in [0.15, 0.2) is 18.2 Å². The van der Waals surface area contributed by atoms with Crippen molar-refractivity contribution in [2.24, 2.45) is 0 Å². The van der Waals surface area contributed by atoms with Crippen molar-refractivity contribution in [1.82, 2.24) is 5.32 Å². The SMILES string of the molecule is CC(CCl)(CCl)NC(=O)c1cc(Cl)cc(Cl)c1. The van der Waals surface area contributed by atoms with Crippen molar-refractivity contribution in [3.63, 3.8) is 0 Å². The average molecular weight is 315 g/mol. The zero-order valence-electron chi connectivity index (χ0n) is 9.07. The predicted octanol–water partition coefficient (Wildman–Crippen LogP) is 3.96. The minimum absolute atomic E-state index is 0.219. The molecular formula is C11H11Cl4NO. The Morgan fingerprint density at radius 2 is 1.65 bits per heavy atom. The molecule has 0 fully saturated rings. The molecule has 0 aliphatic carbocycles. The van der Waals surface area contributed by atoms with Gasteiger partial charge in [0.25, 0.3) is 5.91 Å². The molecule has 17 heavy (non-hydrogen) atoms. The lowest BCUT2D eigenvalue weighted by molar-refractivity contribution is 0.0921. The summed E-state index contributed by atoms with van der Waals surface area (Å²) in [7, 11) is 0. The zero-order valence-corrected chi connectivity index (χ0v) is 12.1. The molecule has 1 aromatic rings. The molecule has 2 nitrogen and oxygen atoms in total. The van der Waals surface area contributed by atoms with Gasteiger partial charge in [-0.2, -0.15) is 0 Å². The minimum atomic E-state index is -0.658. The standard InChI is InChI=1S/C11H11Cl4NO/c1-11(5-12,6-13)16-10(17)7-2-8(14)4-9(15)3-7/h2-4H,5-6H2,1H3,(H,16,17). The molecule has 0 aliphatic rings. The quantitative estimate of drug-likeness (QED) is 0.837. The van der Waals surface area contributed by atoms with E-state index in [0.29, 0.717) is 15.6 Å². The van der Waals surface area contributed by atoms with Crippen LogP contribution in [0.4, 0.5) is 0 Å². The van der Waals surface area contributed by atoms with E-state index in [-0.39, 0.29) is 17.7 Å². The fourth-order valence-electron chi connectivity index (χ4n) is 1.13. The minimum Gasteiger partial charge on any atom is -0.344 e. The Hall–Kier alpha value is -0.150. The first-order valence-electron chi connectivity index (χ1n) is 4.81. The maximum absolute atomic E-state index is 11.9. The highest BCUT2D eigenvalue weighted by molar-refractivity contribution is 6.35. The number of halogens is 4. The van der Waals surface area contributed by atoms with Crippen LogP contribution in [0.5, 0.6) is 0 Å². The normalized spacial score (nSPS) is 11.4. The number of hydrogen-bond acceptors (Lipinski definition) is 1. The zero-order chi connectivity index (χ0) is 13.1. The summed E-state index contributed by atoms with van der Waals surface area (Å²) < 4.78 is 0. The second-order valence-electron chi connectivity index (χ2n) is 3.94. The predicted molar refractivity (Wildman–Crippen MR) is 73.8 cm³/mol. The molecule has 0 aliphatic heterocycles. The number of alkyl halides is 2. The van der Waals surface area contributed by atoms with E-state index in [2.05, 4.69) is 5.32 Å². The third kappa shape index (κ3) is 4.22. The Morgan fingerprint density at radius 1 is 1.18 bits per heavy atom. The van der Waals surface area contributed by atoms with Gasteiger partial charge < -0.3 is 5.32 Å². The second kappa shape index (κ2) is 6.14. The van der Waals surface area contributed by atoms with E-state index in [4.69, 9.17) is 46.4 Å². The Labute approximate surface area is 120 Å². The first-order valence-corrected chi connectivity index (χ1v) is 6.63. The van der Waals surface area contributed by atoms with E-state index < -0.39 is 5.54 Å². The molecule has 0 aromatic heterocycles. The summed E-state index contributed by atoms with van der Waals surface area (Å²) in [6.07, 6.45) is 0. The number of benzene rings is 1. The monoisotopic (exact) mass is 313 g/mol. The molecule has 0 saturated heterocycles. The van der Waals surface area contributed by atoms with Gasteiger partial charge in [-0.1, -0.05) is 23.2 Å². The van der Waals surface area contributed by atoms with Crippen LogP contribution in [0.3, 0.4) is 0 Å². The Bertz CT molecular complexity index is 398. The van der Waals surface area contributed by atoms with E-state index >= 15 is 0 Å². The van der Waals surface area contributed by atoms with E-state index in [9.17, 15) is 4.79 Å². The van der Waals surface area contributed by atoms with Crippen LogP contribution in [-0.4, -0.2) is 23.2 Å². The highest BCUT2D eigenvalue weighted by Crippen LogP contribution is 2.20. The summed E-state index contributed by atoms with van der Waals surface area (Å²) in [6.45, 7) is 1.76. The number of nitrogens with one attached hydrogen (secondary N) is 1. The van der Waals surface area contributed by atoms with Crippen molar-refractivity contribution in [3.8, 4) is 0 Å². The Balaban J connectivity index is 2.90. The van der Waals surface area contributed by atoms with Crippen LogP contribution < -0.4 is 5.32 Å². The van der Waals surface area contributed by atoms with Crippen molar-refractivity contribution in [3.05, 3.63) is 33.8 Å². The molecule has 0 radical (unpaired) electrons. The molecule has 0 atom stereocenters. The van der Waals surface area contributed by atoms with Gasteiger partial charge in [-0.3, -0.25) is 4.79 Å². The maximum Gasteiger partial charge on any atom is 0.251 e. The van der Waals surface area contributed by atoms with Crippen molar-refractivity contribution in [2.75, 3.05) is 11.8 Å². The van der Waals surface area contributed by atoms with Crippen LogP contribution >= 0.6 is 46.4 Å². The van der Waals surface area contributed by atoms with Crippen molar-refractivity contribution in [1.29, 1.82) is 0 Å². The first kappa shape index (κ1) is 14.9. The molecule has 0 saturated carbocycles. The van der Waals surface area contributed by atoms with Gasteiger partial charge in [0, 0.05) is 27.4 Å². The van der Waals surface area contributed by atoms with Crippen molar-refractivity contribution < 1.29 is 4.79 Å². The van der Waals surface area contributed by atoms with Gasteiger partial charge in [0.05, 0.1) is 5.54 Å². The number of amides is 1. The highest BCUT2D eigenvalue weighted by atomic mass is 35.5. The number of hydrogen-bond donors (Lipinski definition) is 1. The van der Waals surface area contributed by atoms with E-state index in [1.54, 1.807) is 13.0 Å². The fourth-order valence-corrected chi connectivity index (χ4v) is 2.08. The highest BCUT2D eigenvalue weighted by Gasteiger charge is 2.25. The van der Waals surface area contributed by atoms with Gasteiger partial charge in [-0.05, 0) is 25.1 Å². The summed E-state index contributed by atoms with van der Waals surface area (Å²) in [4.78, 5) is 11.9. The largest absolute Gasteiger partial charge is 0.344 e. The van der Waals surface area contributed by atoms with Crippen LogP contribution in [0.2, 0.25) is 10.0 Å². The van der Waals surface area contributed by atoms with E-state index in [1.165, 1.54) is 12.1 Å². The lowest BCUT2D eigenvalue weighted by atomic mass is 10.1. The second-order valence-corrected chi connectivity index (χ2v) is 5.35. The molecule has 1 N–H and O–H groups in total. The smallest absolute Gasteiger partial charge is 0.251 e. The summed E-state index contributed by atoms with van der Waals surface area (Å²) in [6, 6.07) is 4.62. The molecule has 6 heteroatoms. The van der Waals surface area contributed by atoms with Crippen LogP contribution in [0, 0.1) is 0 Å². The summed E-state index contributed by atoms with van der Waals surface area (Å²) in [5.41, 5.74) is -0.279. The molecule has 94 valence electrons. The van der Waals surface area contributed by atoms with Crippen LogP contribution in [0.1, 0.15) is 17.3 Å². The Morgan fingerprint density at radius 3 is 2.06 bits per heavy atom. The number of carbonyl (C=O) groups excluding carboxylic acids is 1. The van der Waals surface area contributed by atoms with Gasteiger partial charge in [0.2, 0.25) is 0 Å². The summed E-state index contributed by atoms with van der Waals surface area (Å²) >= 11 is 23.1. The van der Waals surface area contributed by atoms with Crippen LogP contribution in [-0.2, 0) is 0 Å². The molecule has 1 rings (SSSR count). The molecule has 1 amide bonds. The van der Waals surface area contributed by atoms with E-state index in [0.717, 1.165) is 0 Å². The van der Waals surface area contributed by atoms with Gasteiger partial charge in [0.15, 0.2) is 0 Å². The van der Waals surface area contributed by atoms with Crippen LogP contribution in [0.25, 0.3) is 0 Å². The molecule has 1 aromatic carbocycles. The van der Waals surface area contributed by atoms with E-state index in [1.807, 2.05) is 0 Å². The summed E-state index contributed by atoms with van der Waals surface area (Å²) in [5, 5.41) is 3.55. The van der Waals surface area contributed by atoms with Gasteiger partial charge >= 0.3 is 0 Å². The molecule has 0 spiro atoms. The maximum atomic E-state index is 11.9. The van der Waals surface area contributed by atoms with Gasteiger partial charge in [-0.15, -0.1) is 23.2 Å². The average Bonchev–Trinajstić information content (AvgIpc) is 2.27. The first-order chi connectivity index (χ1) is 7.90. The lowest BCUT2D eigenvalue weighted by Crippen LogP contribution is -2.49. The number of rotatable bonds is 4. The lowest BCUT2D eigenvalue weighted by Gasteiger charge is -2.25. The molecule has 0 bridgehead atoms. The third-order valence-electron chi connectivity index (χ3n) is 2.13. The fraction of sp³-hybridized carbons (Fsp3) is 0.364. The molecule has 0 heterocycles. The van der Waals surface area contributed by atoms with Gasteiger partial charge in [-0.25, -0.2) is 0 Å². The molecule has 0 unspecified atom stereocenters. The topological polar surface area (TPSA) is 29.1 Å². The van der Waals surface area contributed by atoms with Gasteiger partial charge in [0.1, 0.15) is 0 Å². The summed E-state index contributed by atoms with van der Waals surface area (Å²) in [5.74, 6) is 0.130.